The van der Waals surface area contributed by atoms with Gasteiger partial charge in [0, 0.05) is 11.9 Å². The van der Waals surface area contributed by atoms with Crippen LogP contribution >= 0.6 is 0 Å². The van der Waals surface area contributed by atoms with Crippen molar-refractivity contribution in [2.24, 2.45) is 0 Å². The van der Waals surface area contributed by atoms with Gasteiger partial charge in [0.05, 0.1) is 12.1 Å². The molecule has 0 N–H and O–H groups in total. The molecular weight excluding hydrogens is 272 g/mol. The van der Waals surface area contributed by atoms with Crippen LogP contribution in [0.1, 0.15) is 24.5 Å². The predicted molar refractivity (Wildman–Crippen MR) is 76.4 cm³/mol. The second-order valence-corrected chi connectivity index (χ2v) is 4.44. The van der Waals surface area contributed by atoms with Crippen LogP contribution in [0.2, 0.25) is 0 Å². The maximum absolute atomic E-state index is 12.4. The van der Waals surface area contributed by atoms with Gasteiger partial charge in [-0.25, -0.2) is 14.6 Å². The Morgan fingerprint density at radius 3 is 2.76 bits per heavy atom. The van der Waals surface area contributed by atoms with E-state index >= 15 is 0 Å². The van der Waals surface area contributed by atoms with Crippen LogP contribution in [0.4, 0.5) is 0 Å². The highest BCUT2D eigenvalue weighted by molar-refractivity contribution is 5.93. The van der Waals surface area contributed by atoms with Crippen molar-refractivity contribution >= 4 is 22.5 Å². The van der Waals surface area contributed by atoms with E-state index in [4.69, 9.17) is 4.74 Å². The number of hydrogen-bond donors (Lipinski definition) is 0. The molecule has 7 nitrogen and oxygen atoms in total. The number of benzene rings is 1. The number of carbonyl (C=O) groups is 1. The fourth-order valence-corrected chi connectivity index (χ4v) is 2.32. The third-order valence-electron chi connectivity index (χ3n) is 3.23. The summed E-state index contributed by atoms with van der Waals surface area (Å²) in [4.78, 5) is 28.3. The van der Waals surface area contributed by atoms with Gasteiger partial charge in [-0.1, -0.05) is 12.1 Å². The van der Waals surface area contributed by atoms with Crippen LogP contribution in [0.15, 0.2) is 29.1 Å². The average Bonchev–Trinajstić information content (AvgIpc) is 2.94. The van der Waals surface area contributed by atoms with Gasteiger partial charge < -0.3 is 4.74 Å². The van der Waals surface area contributed by atoms with E-state index in [0.717, 1.165) is 15.4 Å². The first-order chi connectivity index (χ1) is 10.2. The summed E-state index contributed by atoms with van der Waals surface area (Å²) in [6.45, 7) is 4.31. The molecule has 0 aliphatic rings. The summed E-state index contributed by atoms with van der Waals surface area (Å²) in [7, 11) is 0. The topological polar surface area (TPSA) is 78.5 Å². The van der Waals surface area contributed by atoms with Crippen molar-refractivity contribution in [3.05, 3.63) is 40.6 Å². The molecule has 0 amide bonds. The largest absolute Gasteiger partial charge is 0.460 e. The van der Waals surface area contributed by atoms with Gasteiger partial charge in [-0.05, 0) is 26.0 Å². The molecule has 0 atom stereocenters. The molecule has 108 valence electrons. The first-order valence-corrected chi connectivity index (χ1v) is 6.72. The smallest absolute Gasteiger partial charge is 0.378 e. The molecule has 2 heterocycles. The number of hydrogen-bond acceptors (Lipinski definition) is 5. The van der Waals surface area contributed by atoms with Crippen molar-refractivity contribution in [3.63, 3.8) is 0 Å². The van der Waals surface area contributed by atoms with Gasteiger partial charge in [0.15, 0.2) is 5.65 Å². The van der Waals surface area contributed by atoms with Crippen LogP contribution in [0.5, 0.6) is 0 Å². The number of para-hydroxylation sites is 1. The molecular formula is C14H14N4O3. The zero-order valence-corrected chi connectivity index (χ0v) is 11.7. The lowest BCUT2D eigenvalue weighted by molar-refractivity contribution is 0.0512. The lowest BCUT2D eigenvalue weighted by Crippen LogP contribution is -2.27. The fourth-order valence-electron chi connectivity index (χ4n) is 2.32. The van der Waals surface area contributed by atoms with Crippen molar-refractivity contribution in [1.82, 2.24) is 19.2 Å². The molecule has 3 rings (SSSR count). The van der Waals surface area contributed by atoms with E-state index in [-0.39, 0.29) is 18.1 Å². The van der Waals surface area contributed by atoms with Crippen molar-refractivity contribution in [2.45, 2.75) is 20.4 Å². The number of esters is 1. The first-order valence-electron chi connectivity index (χ1n) is 6.72. The third-order valence-corrected chi connectivity index (χ3v) is 3.23. The van der Waals surface area contributed by atoms with E-state index in [2.05, 4.69) is 10.1 Å². The molecule has 0 spiro atoms. The van der Waals surface area contributed by atoms with Gasteiger partial charge in [-0.15, -0.1) is 5.10 Å². The van der Waals surface area contributed by atoms with Crippen LogP contribution in [0.3, 0.4) is 0 Å². The molecule has 7 heteroatoms. The molecule has 0 saturated heterocycles. The zero-order chi connectivity index (χ0) is 15.0. The Morgan fingerprint density at radius 1 is 1.29 bits per heavy atom. The molecule has 0 unspecified atom stereocenters. The molecule has 0 saturated carbocycles. The van der Waals surface area contributed by atoms with E-state index in [1.165, 1.54) is 0 Å². The highest BCUT2D eigenvalue weighted by Gasteiger charge is 2.18. The Bertz CT molecular complexity index is 894. The van der Waals surface area contributed by atoms with Crippen LogP contribution in [0.25, 0.3) is 16.6 Å². The summed E-state index contributed by atoms with van der Waals surface area (Å²) >= 11 is 0. The lowest BCUT2D eigenvalue weighted by atomic mass is 10.2. The van der Waals surface area contributed by atoms with Crippen molar-refractivity contribution in [1.29, 1.82) is 0 Å². The van der Waals surface area contributed by atoms with E-state index < -0.39 is 5.97 Å². The number of rotatable bonds is 3. The molecule has 2 aromatic heterocycles. The second kappa shape index (κ2) is 5.01. The van der Waals surface area contributed by atoms with Gasteiger partial charge in [0.25, 0.3) is 5.82 Å². The summed E-state index contributed by atoms with van der Waals surface area (Å²) in [5, 5.41) is 4.75. The standard InChI is InChI=1S/C14H14N4O3/c1-3-17-10-8-6-5-7-9(10)12-15-11(13(19)21-4-2)16-18(12)14(17)20/h5-8H,3-4H2,1-2H3. The molecule has 0 radical (unpaired) electrons. The van der Waals surface area contributed by atoms with E-state index in [1.807, 2.05) is 31.2 Å². The number of nitrogens with zero attached hydrogens (tertiary/aromatic N) is 4. The Morgan fingerprint density at radius 2 is 2.05 bits per heavy atom. The van der Waals surface area contributed by atoms with Gasteiger partial charge in [-0.3, -0.25) is 4.57 Å². The summed E-state index contributed by atoms with van der Waals surface area (Å²) in [5.74, 6) is -0.735. The quantitative estimate of drug-likeness (QED) is 0.677. The van der Waals surface area contributed by atoms with Crippen LogP contribution < -0.4 is 5.69 Å². The molecule has 21 heavy (non-hydrogen) atoms. The molecule has 0 aliphatic carbocycles. The van der Waals surface area contributed by atoms with Gasteiger partial charge >= 0.3 is 11.7 Å². The number of aromatic nitrogens is 4. The highest BCUT2D eigenvalue weighted by atomic mass is 16.5. The Labute approximate surface area is 119 Å². The predicted octanol–water partition coefficient (Wildman–Crippen LogP) is 1.24. The zero-order valence-electron chi connectivity index (χ0n) is 11.7. The monoisotopic (exact) mass is 286 g/mol. The normalized spacial score (nSPS) is 11.1. The lowest BCUT2D eigenvalue weighted by Gasteiger charge is -2.07. The van der Waals surface area contributed by atoms with Gasteiger partial charge in [-0.2, -0.15) is 4.52 Å². The van der Waals surface area contributed by atoms with Crippen molar-refractivity contribution < 1.29 is 9.53 Å². The first kappa shape index (κ1) is 13.3. The van der Waals surface area contributed by atoms with Gasteiger partial charge in [0.2, 0.25) is 0 Å². The minimum atomic E-state index is -0.632. The second-order valence-electron chi connectivity index (χ2n) is 4.44. The summed E-state index contributed by atoms with van der Waals surface area (Å²) in [6.07, 6.45) is 0. The van der Waals surface area contributed by atoms with Crippen LogP contribution in [-0.2, 0) is 11.3 Å². The average molecular weight is 286 g/mol. The third kappa shape index (κ3) is 1.97. The number of aryl methyl sites for hydroxylation is 1. The number of ether oxygens (including phenoxy) is 1. The van der Waals surface area contributed by atoms with Gasteiger partial charge in [0.1, 0.15) is 0 Å². The number of carbonyl (C=O) groups excluding carboxylic acids is 1. The molecule has 1 aromatic carbocycles. The minimum Gasteiger partial charge on any atom is -0.460 e. The van der Waals surface area contributed by atoms with Crippen molar-refractivity contribution in [3.8, 4) is 0 Å². The fraction of sp³-hybridized carbons (Fsp3) is 0.286. The summed E-state index contributed by atoms with van der Waals surface area (Å²) < 4.78 is 7.62. The van der Waals surface area contributed by atoms with Crippen LogP contribution in [0, 0.1) is 0 Å². The van der Waals surface area contributed by atoms with Crippen LogP contribution in [-0.4, -0.2) is 31.7 Å². The molecule has 3 aromatic rings. The molecule has 0 bridgehead atoms. The highest BCUT2D eigenvalue weighted by Crippen LogP contribution is 2.16. The Kier molecular flexibility index (Phi) is 3.17. The van der Waals surface area contributed by atoms with E-state index in [0.29, 0.717) is 12.2 Å². The van der Waals surface area contributed by atoms with E-state index in [1.54, 1.807) is 11.5 Å². The van der Waals surface area contributed by atoms with E-state index in [9.17, 15) is 9.59 Å². The van der Waals surface area contributed by atoms with Crippen molar-refractivity contribution in [2.75, 3.05) is 6.61 Å². The Hall–Kier alpha value is -2.70. The maximum atomic E-state index is 12.4. The molecule has 0 aliphatic heterocycles. The number of fused-ring (bicyclic) bond motifs is 3. The summed E-state index contributed by atoms with van der Waals surface area (Å²) in [5.41, 5.74) is 0.804. The summed E-state index contributed by atoms with van der Waals surface area (Å²) in [6, 6.07) is 7.40. The minimum absolute atomic E-state index is 0.104. The SMILES string of the molecule is CCOC(=O)c1nc2c3ccccc3n(CC)c(=O)n2n1. The molecule has 0 fully saturated rings. The maximum Gasteiger partial charge on any atom is 0.378 e. The Balaban J connectivity index is 2.39.